The van der Waals surface area contributed by atoms with Crippen molar-refractivity contribution >= 4 is 29.8 Å². The minimum absolute atomic E-state index is 0.00431. The summed E-state index contributed by atoms with van der Waals surface area (Å²) in [5.74, 6) is -2.89. The van der Waals surface area contributed by atoms with Gasteiger partial charge in [-0.15, -0.1) is 0 Å². The van der Waals surface area contributed by atoms with Gasteiger partial charge in [-0.1, -0.05) is 13.8 Å². The summed E-state index contributed by atoms with van der Waals surface area (Å²) < 4.78 is 0. The smallest absolute Gasteiger partial charge is 0.334 e. The molecule has 9 nitrogen and oxygen atoms in total. The minimum atomic E-state index is -1.07. The zero-order chi connectivity index (χ0) is 15.4. The Morgan fingerprint density at radius 2 is 1.65 bits per heavy atom. The summed E-state index contributed by atoms with van der Waals surface area (Å²) in [5, 5.41) is 4.05. The van der Waals surface area contributed by atoms with Crippen LogP contribution in [-0.4, -0.2) is 59.7 Å². The van der Waals surface area contributed by atoms with Crippen LogP contribution in [0.5, 0.6) is 0 Å². The molecule has 0 saturated carbocycles. The largest absolute Gasteiger partial charge is 0.341 e. The Morgan fingerprint density at radius 1 is 1.10 bits per heavy atom. The van der Waals surface area contributed by atoms with Gasteiger partial charge in [0.2, 0.25) is 5.91 Å². The monoisotopic (exact) mass is 284 g/mol. The Balaban J connectivity index is 2.74. The molecule has 0 radical (unpaired) electrons. The number of carbonyl (C=O) groups excluding carboxylic acids is 5. The van der Waals surface area contributed by atoms with Gasteiger partial charge in [0.05, 0.1) is 0 Å². The summed E-state index contributed by atoms with van der Waals surface area (Å²) in [7, 11) is 1.31. The Labute approximate surface area is 115 Å². The fourth-order valence-corrected chi connectivity index (χ4v) is 1.59. The van der Waals surface area contributed by atoms with Gasteiger partial charge in [-0.05, 0) is 5.92 Å². The second kappa shape index (κ2) is 6.13. The van der Waals surface area contributed by atoms with E-state index in [0.29, 0.717) is 4.90 Å². The number of amides is 7. The lowest BCUT2D eigenvalue weighted by Crippen LogP contribution is -2.45. The van der Waals surface area contributed by atoms with Crippen LogP contribution in [0.1, 0.15) is 13.8 Å². The molecule has 0 aromatic carbocycles. The van der Waals surface area contributed by atoms with Gasteiger partial charge in [0, 0.05) is 13.6 Å². The van der Waals surface area contributed by atoms with Crippen molar-refractivity contribution in [2.45, 2.75) is 13.8 Å². The molecule has 0 bridgehead atoms. The zero-order valence-electron chi connectivity index (χ0n) is 11.4. The van der Waals surface area contributed by atoms with E-state index in [1.165, 1.54) is 7.05 Å². The molecule has 0 unspecified atom stereocenters. The van der Waals surface area contributed by atoms with Gasteiger partial charge < -0.3 is 5.32 Å². The molecule has 1 aliphatic rings. The number of nitrogens with zero attached hydrogens (tertiary/aromatic N) is 2. The van der Waals surface area contributed by atoms with E-state index < -0.39 is 36.3 Å². The molecule has 1 rings (SSSR count). The molecular formula is C11H16N4O5. The number of hydrogen-bond acceptors (Lipinski definition) is 5. The summed E-state index contributed by atoms with van der Waals surface area (Å²) >= 11 is 0. The van der Waals surface area contributed by atoms with Crippen LogP contribution in [0.3, 0.4) is 0 Å². The Morgan fingerprint density at radius 3 is 2.15 bits per heavy atom. The van der Waals surface area contributed by atoms with Crippen molar-refractivity contribution in [1.29, 1.82) is 0 Å². The summed E-state index contributed by atoms with van der Waals surface area (Å²) in [6, 6.07) is -1.61. The number of carbonyl (C=O) groups is 5. The quantitative estimate of drug-likeness (QED) is 0.501. The van der Waals surface area contributed by atoms with Gasteiger partial charge >= 0.3 is 23.9 Å². The van der Waals surface area contributed by atoms with Gasteiger partial charge in [0.1, 0.15) is 6.54 Å². The maximum atomic E-state index is 11.9. The van der Waals surface area contributed by atoms with Gasteiger partial charge in [0.25, 0.3) is 0 Å². The van der Waals surface area contributed by atoms with E-state index in [1.807, 2.05) is 5.32 Å². The molecule has 0 spiro atoms. The number of nitrogens with one attached hydrogen (secondary N) is 2. The fraction of sp³-hybridized carbons (Fsp3) is 0.545. The van der Waals surface area contributed by atoms with Crippen molar-refractivity contribution in [3.05, 3.63) is 0 Å². The highest BCUT2D eigenvalue weighted by Crippen LogP contribution is 2.13. The highest BCUT2D eigenvalue weighted by Gasteiger charge is 2.45. The van der Waals surface area contributed by atoms with E-state index in [2.05, 4.69) is 5.32 Å². The first kappa shape index (κ1) is 15.6. The third kappa shape index (κ3) is 3.31. The predicted molar refractivity (Wildman–Crippen MR) is 66.3 cm³/mol. The molecule has 0 aliphatic carbocycles. The standard InChI is InChI=1S/C11H16N4O5/c1-6(2)4-14-8(17)9(18)15(11(14)20)5-7(16)13-10(19)12-3/h6H,4-5H2,1-3H3,(H2,12,13,16,19). The molecule has 7 amide bonds. The van der Waals surface area contributed by atoms with Crippen molar-refractivity contribution in [2.24, 2.45) is 5.92 Å². The molecule has 9 heteroatoms. The van der Waals surface area contributed by atoms with Crippen LogP contribution < -0.4 is 10.6 Å². The molecule has 0 aromatic rings. The molecular weight excluding hydrogens is 268 g/mol. The molecule has 20 heavy (non-hydrogen) atoms. The van der Waals surface area contributed by atoms with E-state index in [0.717, 1.165) is 4.90 Å². The lowest BCUT2D eigenvalue weighted by Gasteiger charge is -2.16. The average molecular weight is 284 g/mol. The van der Waals surface area contributed by atoms with Gasteiger partial charge in [0.15, 0.2) is 0 Å². The summed E-state index contributed by atoms with van der Waals surface area (Å²) in [6.45, 7) is 2.99. The molecule has 1 saturated heterocycles. The van der Waals surface area contributed by atoms with Crippen molar-refractivity contribution in [3.8, 4) is 0 Å². The van der Waals surface area contributed by atoms with E-state index in [-0.39, 0.29) is 12.5 Å². The van der Waals surface area contributed by atoms with Crippen LogP contribution in [0, 0.1) is 5.92 Å². The summed E-state index contributed by atoms with van der Waals surface area (Å²) in [4.78, 5) is 58.8. The lowest BCUT2D eigenvalue weighted by molar-refractivity contribution is -0.144. The van der Waals surface area contributed by atoms with Crippen LogP contribution in [0.25, 0.3) is 0 Å². The Hall–Kier alpha value is -2.45. The van der Waals surface area contributed by atoms with Crippen LogP contribution >= 0.6 is 0 Å². The topological polar surface area (TPSA) is 116 Å². The van der Waals surface area contributed by atoms with Crippen molar-refractivity contribution in [2.75, 3.05) is 20.1 Å². The van der Waals surface area contributed by atoms with Crippen molar-refractivity contribution in [1.82, 2.24) is 20.4 Å². The predicted octanol–water partition coefficient (Wildman–Crippen LogP) is -1.11. The Kier molecular flexibility index (Phi) is 4.78. The van der Waals surface area contributed by atoms with E-state index in [1.54, 1.807) is 13.8 Å². The number of hydrogen-bond donors (Lipinski definition) is 2. The van der Waals surface area contributed by atoms with Gasteiger partial charge in [-0.2, -0.15) is 0 Å². The first-order valence-corrected chi connectivity index (χ1v) is 5.96. The maximum Gasteiger partial charge on any atom is 0.334 e. The lowest BCUT2D eigenvalue weighted by atomic mass is 10.2. The van der Waals surface area contributed by atoms with Crippen molar-refractivity contribution in [3.63, 3.8) is 0 Å². The normalized spacial score (nSPS) is 15.1. The van der Waals surface area contributed by atoms with Gasteiger partial charge in [-0.25, -0.2) is 14.5 Å². The van der Waals surface area contributed by atoms with Crippen molar-refractivity contribution < 1.29 is 24.0 Å². The summed E-state index contributed by atoms with van der Waals surface area (Å²) in [5.41, 5.74) is 0. The van der Waals surface area contributed by atoms with E-state index >= 15 is 0 Å². The van der Waals surface area contributed by atoms with Gasteiger partial charge in [-0.3, -0.25) is 24.6 Å². The average Bonchev–Trinajstić information content (AvgIpc) is 2.55. The van der Waals surface area contributed by atoms with Crippen LogP contribution in [0.2, 0.25) is 0 Å². The Bertz CT molecular complexity index is 473. The number of urea groups is 2. The van der Waals surface area contributed by atoms with Crippen LogP contribution in [-0.2, 0) is 14.4 Å². The molecule has 2 N–H and O–H groups in total. The number of rotatable bonds is 4. The second-order valence-electron chi connectivity index (χ2n) is 4.61. The maximum absolute atomic E-state index is 11.9. The van der Waals surface area contributed by atoms with E-state index in [9.17, 15) is 24.0 Å². The third-order valence-electron chi connectivity index (χ3n) is 2.46. The highest BCUT2D eigenvalue weighted by molar-refractivity contribution is 6.45. The zero-order valence-corrected chi connectivity index (χ0v) is 11.4. The second-order valence-corrected chi connectivity index (χ2v) is 4.61. The van der Waals surface area contributed by atoms with Crippen LogP contribution in [0.15, 0.2) is 0 Å². The SMILES string of the molecule is CNC(=O)NC(=O)CN1C(=O)C(=O)N(CC(C)C)C1=O. The highest BCUT2D eigenvalue weighted by atomic mass is 16.2. The first-order chi connectivity index (χ1) is 9.27. The molecule has 1 aliphatic heterocycles. The van der Waals surface area contributed by atoms with E-state index in [4.69, 9.17) is 0 Å². The minimum Gasteiger partial charge on any atom is -0.341 e. The molecule has 1 heterocycles. The van der Waals surface area contributed by atoms with Crippen LogP contribution in [0.4, 0.5) is 9.59 Å². The number of imide groups is 3. The third-order valence-corrected chi connectivity index (χ3v) is 2.46. The molecule has 1 fully saturated rings. The molecule has 110 valence electrons. The molecule has 0 atom stereocenters. The summed E-state index contributed by atoms with van der Waals surface area (Å²) in [6.07, 6.45) is 0. The first-order valence-electron chi connectivity index (χ1n) is 5.96. The molecule has 0 aromatic heterocycles. The fourth-order valence-electron chi connectivity index (χ4n) is 1.59.